The zero-order valence-corrected chi connectivity index (χ0v) is 18.4. The Balaban J connectivity index is 0.000000294. The van der Waals surface area contributed by atoms with E-state index in [1.807, 2.05) is 0 Å². The molecule has 8 heteroatoms. The van der Waals surface area contributed by atoms with Crippen LogP contribution in [0, 0.1) is 6.92 Å². The van der Waals surface area contributed by atoms with Gasteiger partial charge in [0.25, 0.3) is 0 Å². The van der Waals surface area contributed by atoms with E-state index in [1.165, 1.54) is 32.4 Å². The molecule has 3 aromatic rings. The van der Waals surface area contributed by atoms with E-state index in [4.69, 9.17) is 10.5 Å². The first kappa shape index (κ1) is 24.8. The number of anilines is 1. The summed E-state index contributed by atoms with van der Waals surface area (Å²) in [4.78, 5) is 46.8. The number of benzene rings is 3. The Bertz CT molecular complexity index is 1160. The Morgan fingerprint density at radius 2 is 1.21 bits per heavy atom. The lowest BCUT2D eigenvalue weighted by atomic mass is 10.0. The third kappa shape index (κ3) is 6.51. The van der Waals surface area contributed by atoms with E-state index in [9.17, 15) is 19.2 Å². The van der Waals surface area contributed by atoms with E-state index in [-0.39, 0.29) is 16.7 Å². The van der Waals surface area contributed by atoms with E-state index in [0.717, 1.165) is 0 Å². The fraction of sp³-hybridized carbons (Fsp3) is 0.120. The standard InChI is InChI=1S/C17H14O5.C8H9NO2/c1-11-7-6-10-13(14(11)17(20)21-2)16(19)22-15(18)12-8-4-3-5-9-12;1-11-8(10)6-4-2-3-5-7(6)9/h3-10H,1-2H3;2-5H,9H2,1H3. The maximum atomic E-state index is 12.2. The topological polar surface area (TPSA) is 122 Å². The fourth-order valence-corrected chi connectivity index (χ4v) is 2.78. The summed E-state index contributed by atoms with van der Waals surface area (Å²) in [6.07, 6.45) is 0. The van der Waals surface area contributed by atoms with Crippen LogP contribution in [0.2, 0.25) is 0 Å². The highest BCUT2D eigenvalue weighted by molar-refractivity contribution is 6.08. The molecule has 3 rings (SSSR count). The molecule has 0 heterocycles. The first-order valence-electron chi connectivity index (χ1n) is 9.72. The average Bonchev–Trinajstić information content (AvgIpc) is 2.84. The van der Waals surface area contributed by atoms with Crippen LogP contribution in [-0.2, 0) is 14.2 Å². The summed E-state index contributed by atoms with van der Waals surface area (Å²) in [5, 5.41) is 0. The van der Waals surface area contributed by atoms with Gasteiger partial charge in [-0.25, -0.2) is 19.2 Å². The van der Waals surface area contributed by atoms with Gasteiger partial charge in [0.1, 0.15) is 0 Å². The van der Waals surface area contributed by atoms with E-state index in [2.05, 4.69) is 9.47 Å². The van der Waals surface area contributed by atoms with E-state index >= 15 is 0 Å². The summed E-state index contributed by atoms with van der Waals surface area (Å²) in [6.45, 7) is 1.67. The number of ether oxygens (including phenoxy) is 3. The summed E-state index contributed by atoms with van der Waals surface area (Å²) in [6, 6.07) is 19.6. The fourth-order valence-electron chi connectivity index (χ4n) is 2.78. The highest BCUT2D eigenvalue weighted by Gasteiger charge is 2.23. The third-order valence-electron chi connectivity index (χ3n) is 4.44. The van der Waals surface area contributed by atoms with Gasteiger partial charge in [-0.15, -0.1) is 0 Å². The Kier molecular flexibility index (Phi) is 8.87. The van der Waals surface area contributed by atoms with Crippen molar-refractivity contribution in [1.29, 1.82) is 0 Å². The van der Waals surface area contributed by atoms with Gasteiger partial charge in [0, 0.05) is 5.69 Å². The van der Waals surface area contributed by atoms with Crippen LogP contribution in [0.4, 0.5) is 5.69 Å². The highest BCUT2D eigenvalue weighted by atomic mass is 16.6. The number of para-hydroxylation sites is 1. The van der Waals surface area contributed by atoms with Gasteiger partial charge >= 0.3 is 23.9 Å². The highest BCUT2D eigenvalue weighted by Crippen LogP contribution is 2.17. The lowest BCUT2D eigenvalue weighted by molar-refractivity contribution is 0.0389. The van der Waals surface area contributed by atoms with Gasteiger partial charge in [-0.3, -0.25) is 0 Å². The van der Waals surface area contributed by atoms with Gasteiger partial charge in [0.05, 0.1) is 36.5 Å². The molecule has 0 bridgehead atoms. The van der Waals surface area contributed by atoms with Crippen LogP contribution in [0.25, 0.3) is 0 Å². The summed E-state index contributed by atoms with van der Waals surface area (Å²) < 4.78 is 14.0. The Morgan fingerprint density at radius 1 is 0.636 bits per heavy atom. The average molecular weight is 449 g/mol. The molecule has 8 nitrogen and oxygen atoms in total. The third-order valence-corrected chi connectivity index (χ3v) is 4.44. The van der Waals surface area contributed by atoms with Crippen molar-refractivity contribution in [1.82, 2.24) is 0 Å². The summed E-state index contributed by atoms with van der Waals surface area (Å²) in [5.41, 5.74) is 7.26. The van der Waals surface area contributed by atoms with Crippen LogP contribution in [0.1, 0.15) is 47.0 Å². The molecule has 0 aromatic heterocycles. The molecule has 0 saturated carbocycles. The van der Waals surface area contributed by atoms with E-state index in [1.54, 1.807) is 61.5 Å². The van der Waals surface area contributed by atoms with Crippen LogP contribution < -0.4 is 5.73 Å². The molecule has 0 saturated heterocycles. The smallest absolute Gasteiger partial charge is 0.346 e. The molecule has 0 unspecified atom stereocenters. The number of carbonyl (C=O) groups is 4. The summed E-state index contributed by atoms with van der Waals surface area (Å²) >= 11 is 0. The second kappa shape index (κ2) is 11.8. The van der Waals surface area contributed by atoms with Gasteiger partial charge in [-0.2, -0.15) is 0 Å². The Hall–Kier alpha value is -4.46. The van der Waals surface area contributed by atoms with Gasteiger partial charge in [0.15, 0.2) is 0 Å². The van der Waals surface area contributed by atoms with Crippen molar-refractivity contribution in [2.45, 2.75) is 6.92 Å². The molecule has 0 radical (unpaired) electrons. The van der Waals surface area contributed by atoms with Crippen molar-refractivity contribution in [3.63, 3.8) is 0 Å². The number of methoxy groups -OCH3 is 2. The molecule has 0 aliphatic heterocycles. The van der Waals surface area contributed by atoms with E-state index in [0.29, 0.717) is 16.8 Å². The van der Waals surface area contributed by atoms with Crippen molar-refractivity contribution in [2.75, 3.05) is 20.0 Å². The molecule has 3 aromatic carbocycles. The van der Waals surface area contributed by atoms with Crippen LogP contribution in [-0.4, -0.2) is 38.1 Å². The first-order chi connectivity index (χ1) is 15.8. The lowest BCUT2D eigenvalue weighted by Crippen LogP contribution is -2.17. The normalized spacial score (nSPS) is 9.67. The van der Waals surface area contributed by atoms with Crippen LogP contribution in [0.15, 0.2) is 72.8 Å². The molecular weight excluding hydrogens is 426 g/mol. The predicted octanol–water partition coefficient (Wildman–Crippen LogP) is 3.83. The van der Waals surface area contributed by atoms with Crippen molar-refractivity contribution < 1.29 is 33.4 Å². The molecule has 170 valence electrons. The number of carbonyl (C=O) groups excluding carboxylic acids is 4. The molecular formula is C25H23NO7. The van der Waals surface area contributed by atoms with Crippen molar-refractivity contribution in [2.24, 2.45) is 0 Å². The molecule has 0 aliphatic rings. The minimum absolute atomic E-state index is 0.00358. The molecule has 0 spiro atoms. The summed E-state index contributed by atoms with van der Waals surface area (Å²) in [5.74, 6) is -2.72. The number of esters is 4. The Labute approximate surface area is 190 Å². The van der Waals surface area contributed by atoms with Crippen LogP contribution >= 0.6 is 0 Å². The summed E-state index contributed by atoms with van der Waals surface area (Å²) in [7, 11) is 2.55. The number of nitrogens with two attached hydrogens (primary N) is 1. The minimum Gasteiger partial charge on any atom is -0.465 e. The zero-order valence-electron chi connectivity index (χ0n) is 18.4. The van der Waals surface area contributed by atoms with Crippen LogP contribution in [0.3, 0.4) is 0 Å². The first-order valence-corrected chi connectivity index (χ1v) is 9.72. The van der Waals surface area contributed by atoms with Gasteiger partial charge < -0.3 is 19.9 Å². The number of aryl methyl sites for hydroxylation is 1. The second-order valence-electron chi connectivity index (χ2n) is 6.61. The van der Waals surface area contributed by atoms with Crippen molar-refractivity contribution in [3.05, 3.63) is 101 Å². The molecule has 0 amide bonds. The Morgan fingerprint density at radius 3 is 1.82 bits per heavy atom. The largest absolute Gasteiger partial charge is 0.465 e. The predicted molar refractivity (Wildman–Crippen MR) is 121 cm³/mol. The number of nitrogen functional groups attached to an aromatic ring is 1. The van der Waals surface area contributed by atoms with E-state index < -0.39 is 23.9 Å². The van der Waals surface area contributed by atoms with Gasteiger partial charge in [-0.05, 0) is 42.8 Å². The van der Waals surface area contributed by atoms with Gasteiger partial charge in [-0.1, -0.05) is 42.5 Å². The quantitative estimate of drug-likeness (QED) is 0.276. The number of hydrogen-bond donors (Lipinski definition) is 1. The monoisotopic (exact) mass is 449 g/mol. The molecule has 0 aliphatic carbocycles. The van der Waals surface area contributed by atoms with Crippen molar-refractivity contribution in [3.8, 4) is 0 Å². The minimum atomic E-state index is -0.891. The van der Waals surface area contributed by atoms with Crippen molar-refractivity contribution >= 4 is 29.6 Å². The number of hydrogen-bond acceptors (Lipinski definition) is 8. The SMILES string of the molecule is COC(=O)c1c(C)cccc1C(=O)OC(=O)c1ccccc1.COC(=O)c1ccccc1N. The zero-order chi connectivity index (χ0) is 24.4. The molecule has 33 heavy (non-hydrogen) atoms. The molecule has 2 N–H and O–H groups in total. The van der Waals surface area contributed by atoms with Gasteiger partial charge in [0.2, 0.25) is 0 Å². The lowest BCUT2D eigenvalue weighted by Gasteiger charge is -2.09. The van der Waals surface area contributed by atoms with Crippen LogP contribution in [0.5, 0.6) is 0 Å². The second-order valence-corrected chi connectivity index (χ2v) is 6.61. The molecule has 0 fully saturated rings. The molecule has 0 atom stereocenters. The maximum absolute atomic E-state index is 12.2. The maximum Gasteiger partial charge on any atom is 0.346 e. The number of rotatable bonds is 4.